The predicted octanol–water partition coefficient (Wildman–Crippen LogP) is -1.13. The van der Waals surface area contributed by atoms with Crippen molar-refractivity contribution in [3.05, 3.63) is 12.3 Å². The van der Waals surface area contributed by atoms with Crippen molar-refractivity contribution >= 4 is 24.5 Å². The SMILES string of the molecule is CC(=O)N1CCC(N(C)/C=C\C(=O)NC=O)OC(C=O)C1. The summed E-state index contributed by atoms with van der Waals surface area (Å²) in [6.07, 6.45) is 2.94. The number of amides is 3. The highest BCUT2D eigenvalue weighted by atomic mass is 16.5. The van der Waals surface area contributed by atoms with Gasteiger partial charge in [0.25, 0.3) is 5.91 Å². The number of rotatable bonds is 5. The van der Waals surface area contributed by atoms with Crippen molar-refractivity contribution in [2.45, 2.75) is 25.7 Å². The monoisotopic (exact) mass is 297 g/mol. The second-order valence-corrected chi connectivity index (χ2v) is 4.63. The quantitative estimate of drug-likeness (QED) is 0.509. The first-order valence-electron chi connectivity index (χ1n) is 6.48. The summed E-state index contributed by atoms with van der Waals surface area (Å²) >= 11 is 0. The minimum absolute atomic E-state index is 0.116. The molecule has 0 aromatic heterocycles. The van der Waals surface area contributed by atoms with Crippen LogP contribution in [-0.4, -0.2) is 66.8 Å². The average molecular weight is 297 g/mol. The Balaban J connectivity index is 2.68. The van der Waals surface area contributed by atoms with Gasteiger partial charge in [0.1, 0.15) is 12.3 Å². The molecule has 0 saturated carbocycles. The first kappa shape index (κ1) is 16.8. The molecular weight excluding hydrogens is 278 g/mol. The fourth-order valence-electron chi connectivity index (χ4n) is 1.94. The van der Waals surface area contributed by atoms with E-state index in [-0.39, 0.29) is 12.5 Å². The van der Waals surface area contributed by atoms with Crippen LogP contribution < -0.4 is 5.32 Å². The third-order valence-corrected chi connectivity index (χ3v) is 3.09. The molecule has 1 rings (SSSR count). The fraction of sp³-hybridized carbons (Fsp3) is 0.538. The molecule has 0 radical (unpaired) electrons. The number of carbonyl (C=O) groups is 4. The topological polar surface area (TPSA) is 96.0 Å². The summed E-state index contributed by atoms with van der Waals surface area (Å²) < 4.78 is 5.61. The highest BCUT2D eigenvalue weighted by Gasteiger charge is 2.27. The van der Waals surface area contributed by atoms with Crippen LogP contribution in [-0.2, 0) is 23.9 Å². The molecule has 8 heteroatoms. The van der Waals surface area contributed by atoms with E-state index in [1.165, 1.54) is 19.2 Å². The number of hydrogen-bond acceptors (Lipinski definition) is 6. The summed E-state index contributed by atoms with van der Waals surface area (Å²) in [4.78, 5) is 46.8. The van der Waals surface area contributed by atoms with Gasteiger partial charge in [-0.15, -0.1) is 0 Å². The number of aldehydes is 1. The molecule has 1 fully saturated rings. The van der Waals surface area contributed by atoms with Crippen molar-refractivity contribution in [2.24, 2.45) is 0 Å². The van der Waals surface area contributed by atoms with Crippen LogP contribution in [0.25, 0.3) is 0 Å². The first-order valence-corrected chi connectivity index (χ1v) is 6.48. The molecule has 1 heterocycles. The molecule has 116 valence electrons. The molecule has 0 bridgehead atoms. The molecule has 3 amide bonds. The van der Waals surface area contributed by atoms with Crippen molar-refractivity contribution in [3.8, 4) is 0 Å². The Hall–Kier alpha value is -2.22. The van der Waals surface area contributed by atoms with Crippen LogP contribution in [0.4, 0.5) is 0 Å². The lowest BCUT2D eigenvalue weighted by atomic mass is 10.3. The Morgan fingerprint density at radius 1 is 1.38 bits per heavy atom. The fourth-order valence-corrected chi connectivity index (χ4v) is 1.94. The van der Waals surface area contributed by atoms with Gasteiger partial charge in [0.2, 0.25) is 12.3 Å². The predicted molar refractivity (Wildman–Crippen MR) is 72.7 cm³/mol. The lowest BCUT2D eigenvalue weighted by Crippen LogP contribution is -2.36. The second-order valence-electron chi connectivity index (χ2n) is 4.63. The maximum absolute atomic E-state index is 11.4. The molecule has 21 heavy (non-hydrogen) atoms. The molecule has 0 spiro atoms. The maximum Gasteiger partial charge on any atom is 0.251 e. The van der Waals surface area contributed by atoms with E-state index in [1.807, 2.05) is 5.32 Å². The van der Waals surface area contributed by atoms with Crippen molar-refractivity contribution < 1.29 is 23.9 Å². The summed E-state index contributed by atoms with van der Waals surface area (Å²) in [5.41, 5.74) is 0. The van der Waals surface area contributed by atoms with Gasteiger partial charge >= 0.3 is 0 Å². The minimum atomic E-state index is -0.707. The lowest BCUT2D eigenvalue weighted by molar-refractivity contribution is -0.133. The van der Waals surface area contributed by atoms with Crippen LogP contribution in [0.5, 0.6) is 0 Å². The number of nitrogens with zero attached hydrogens (tertiary/aromatic N) is 2. The van der Waals surface area contributed by atoms with E-state index in [9.17, 15) is 19.2 Å². The molecule has 1 N–H and O–H groups in total. The zero-order chi connectivity index (χ0) is 15.8. The van der Waals surface area contributed by atoms with Gasteiger partial charge in [0.05, 0.1) is 6.54 Å². The van der Waals surface area contributed by atoms with Crippen LogP contribution in [0.3, 0.4) is 0 Å². The average Bonchev–Trinajstić information content (AvgIpc) is 2.67. The Morgan fingerprint density at radius 3 is 2.67 bits per heavy atom. The Bertz CT molecular complexity index is 438. The van der Waals surface area contributed by atoms with E-state index in [0.29, 0.717) is 25.7 Å². The van der Waals surface area contributed by atoms with Crippen LogP contribution >= 0.6 is 0 Å². The third-order valence-electron chi connectivity index (χ3n) is 3.09. The van der Waals surface area contributed by atoms with Gasteiger partial charge in [-0.05, 0) is 0 Å². The summed E-state index contributed by atoms with van der Waals surface area (Å²) in [5, 5.41) is 1.98. The molecule has 8 nitrogen and oxygen atoms in total. The standard InChI is InChI=1S/C13H19N3O5/c1-10(19)16-6-4-13(21-11(7-16)8-17)15(2)5-3-12(20)14-9-18/h3,5,8-9,11,13H,4,6-7H2,1-2H3,(H,14,18,20)/b5-3-. The van der Waals surface area contributed by atoms with E-state index in [0.717, 1.165) is 0 Å². The van der Waals surface area contributed by atoms with Gasteiger partial charge < -0.3 is 19.3 Å². The molecule has 1 saturated heterocycles. The Kier molecular flexibility index (Phi) is 6.54. The van der Waals surface area contributed by atoms with Gasteiger partial charge in [-0.25, -0.2) is 0 Å². The van der Waals surface area contributed by atoms with E-state index >= 15 is 0 Å². The Labute approximate surface area is 122 Å². The van der Waals surface area contributed by atoms with Crippen molar-refractivity contribution in [2.75, 3.05) is 20.1 Å². The molecule has 2 unspecified atom stereocenters. The third kappa shape index (κ3) is 5.35. The first-order chi connectivity index (χ1) is 9.97. The van der Waals surface area contributed by atoms with Crippen LogP contribution in [0, 0.1) is 0 Å². The lowest BCUT2D eigenvalue weighted by Gasteiger charge is -2.26. The second kappa shape index (κ2) is 8.15. The van der Waals surface area contributed by atoms with Crippen molar-refractivity contribution in [1.82, 2.24) is 15.1 Å². The number of hydrogen-bond donors (Lipinski definition) is 1. The van der Waals surface area contributed by atoms with Gasteiger partial charge in [0, 0.05) is 39.2 Å². The molecule has 0 aromatic rings. The summed E-state index contributed by atoms with van der Waals surface area (Å²) in [7, 11) is 1.68. The van der Waals surface area contributed by atoms with Crippen LogP contribution in [0.15, 0.2) is 12.3 Å². The van der Waals surface area contributed by atoms with Crippen LogP contribution in [0.2, 0.25) is 0 Å². The molecule has 1 aliphatic rings. The normalized spacial score (nSPS) is 22.5. The van der Waals surface area contributed by atoms with Crippen molar-refractivity contribution in [3.63, 3.8) is 0 Å². The highest BCUT2D eigenvalue weighted by Crippen LogP contribution is 2.14. The van der Waals surface area contributed by atoms with Gasteiger partial charge in [-0.2, -0.15) is 0 Å². The number of imide groups is 1. The number of ether oxygens (including phenoxy) is 1. The van der Waals surface area contributed by atoms with Crippen molar-refractivity contribution in [1.29, 1.82) is 0 Å². The number of nitrogens with one attached hydrogen (secondary N) is 1. The van der Waals surface area contributed by atoms with Crippen LogP contribution in [0.1, 0.15) is 13.3 Å². The molecule has 0 aliphatic carbocycles. The van der Waals surface area contributed by atoms with Gasteiger partial charge in [-0.3, -0.25) is 19.7 Å². The molecule has 1 aliphatic heterocycles. The maximum atomic E-state index is 11.4. The summed E-state index contributed by atoms with van der Waals surface area (Å²) in [5.74, 6) is -0.669. The largest absolute Gasteiger partial charge is 0.355 e. The summed E-state index contributed by atoms with van der Waals surface area (Å²) in [6.45, 7) is 2.12. The molecule has 0 aromatic carbocycles. The van der Waals surface area contributed by atoms with E-state index in [4.69, 9.17) is 4.74 Å². The molecular formula is C13H19N3O5. The smallest absolute Gasteiger partial charge is 0.251 e. The van der Waals surface area contributed by atoms with E-state index in [1.54, 1.807) is 16.8 Å². The van der Waals surface area contributed by atoms with Gasteiger partial charge in [0.15, 0.2) is 6.29 Å². The van der Waals surface area contributed by atoms with E-state index in [2.05, 4.69) is 0 Å². The molecule has 2 atom stereocenters. The van der Waals surface area contributed by atoms with E-state index < -0.39 is 18.2 Å². The zero-order valence-electron chi connectivity index (χ0n) is 12.0. The van der Waals surface area contributed by atoms with Gasteiger partial charge in [-0.1, -0.05) is 0 Å². The highest BCUT2D eigenvalue weighted by molar-refractivity contribution is 5.94. The Morgan fingerprint density at radius 2 is 2.10 bits per heavy atom. The zero-order valence-corrected chi connectivity index (χ0v) is 12.0. The number of carbonyl (C=O) groups excluding carboxylic acids is 4. The minimum Gasteiger partial charge on any atom is -0.355 e. The summed E-state index contributed by atoms with van der Waals surface area (Å²) in [6, 6.07) is 0.